The number of fused-ring (bicyclic) bond motifs is 3. The molecule has 6 nitrogen and oxygen atoms in total. The average molecular weight is 402 g/mol. The van der Waals surface area contributed by atoms with Crippen LogP contribution in [0.1, 0.15) is 74.4 Å². The highest BCUT2D eigenvalue weighted by atomic mass is 16.5. The second-order valence-electron chi connectivity index (χ2n) is 9.16. The van der Waals surface area contributed by atoms with Crippen molar-refractivity contribution < 1.29 is 28.9 Å². The van der Waals surface area contributed by atoms with Crippen molar-refractivity contribution in [2.75, 3.05) is 7.11 Å². The third-order valence-corrected chi connectivity index (χ3v) is 7.01. The van der Waals surface area contributed by atoms with E-state index >= 15 is 0 Å². The molecule has 1 saturated heterocycles. The first-order chi connectivity index (χ1) is 13.8. The molecule has 2 fully saturated rings. The summed E-state index contributed by atoms with van der Waals surface area (Å²) >= 11 is 0. The van der Waals surface area contributed by atoms with E-state index in [2.05, 4.69) is 0 Å². The predicted molar refractivity (Wildman–Crippen MR) is 106 cm³/mol. The zero-order valence-corrected chi connectivity index (χ0v) is 17.3. The smallest absolute Gasteiger partial charge is 0.337 e. The van der Waals surface area contributed by atoms with Crippen LogP contribution in [0.25, 0.3) is 0 Å². The molecule has 1 saturated carbocycles. The van der Waals surface area contributed by atoms with Gasteiger partial charge in [0.1, 0.15) is 11.4 Å². The molecule has 1 aromatic carbocycles. The first kappa shape index (κ1) is 20.2. The average Bonchev–Trinajstić information content (AvgIpc) is 2.72. The van der Waals surface area contributed by atoms with Crippen LogP contribution < -0.4 is 4.74 Å². The molecule has 4 rings (SSSR count). The maximum Gasteiger partial charge on any atom is 0.337 e. The summed E-state index contributed by atoms with van der Waals surface area (Å²) in [5, 5.41) is 9.96. The van der Waals surface area contributed by atoms with E-state index in [4.69, 9.17) is 14.2 Å². The SMILES string of the molecule is COC(=O)c1ccc2c(c1)[C@H]1O[C@@H](C3CCCCC3)[C@H](C(=O)O)C[C@@H]1C(C)(C)O2. The Morgan fingerprint density at radius 1 is 1.17 bits per heavy atom. The van der Waals surface area contributed by atoms with Gasteiger partial charge in [0.05, 0.1) is 30.8 Å². The number of carbonyl (C=O) groups excluding carboxylic acids is 1. The number of carbonyl (C=O) groups is 2. The first-order valence-electron chi connectivity index (χ1n) is 10.6. The van der Waals surface area contributed by atoms with Gasteiger partial charge in [-0.15, -0.1) is 0 Å². The van der Waals surface area contributed by atoms with Crippen molar-refractivity contribution in [3.05, 3.63) is 29.3 Å². The highest BCUT2D eigenvalue weighted by Gasteiger charge is 2.53. The molecule has 158 valence electrons. The van der Waals surface area contributed by atoms with Crippen molar-refractivity contribution in [2.45, 2.75) is 70.2 Å². The number of rotatable bonds is 3. The number of methoxy groups -OCH3 is 1. The summed E-state index contributed by atoms with van der Waals surface area (Å²) < 4.78 is 17.7. The molecule has 6 heteroatoms. The van der Waals surface area contributed by atoms with Crippen LogP contribution in [0.4, 0.5) is 0 Å². The van der Waals surface area contributed by atoms with E-state index in [1.165, 1.54) is 13.5 Å². The molecule has 0 spiro atoms. The third kappa shape index (κ3) is 3.63. The van der Waals surface area contributed by atoms with Crippen LogP contribution in [-0.4, -0.2) is 35.9 Å². The van der Waals surface area contributed by atoms with E-state index in [1.807, 2.05) is 13.8 Å². The number of esters is 1. The lowest BCUT2D eigenvalue weighted by molar-refractivity contribution is -0.200. The lowest BCUT2D eigenvalue weighted by Crippen LogP contribution is -2.54. The predicted octanol–water partition coefficient (Wildman–Crippen LogP) is 4.37. The molecule has 2 heterocycles. The van der Waals surface area contributed by atoms with E-state index in [9.17, 15) is 14.7 Å². The minimum absolute atomic E-state index is 0.108. The molecule has 29 heavy (non-hydrogen) atoms. The Bertz CT molecular complexity index is 795. The minimum atomic E-state index is -0.788. The van der Waals surface area contributed by atoms with Crippen LogP contribution in [0.2, 0.25) is 0 Å². The first-order valence-corrected chi connectivity index (χ1v) is 10.6. The van der Waals surface area contributed by atoms with Gasteiger partial charge in [0, 0.05) is 11.5 Å². The number of carboxylic acid groups (broad SMARTS) is 1. The van der Waals surface area contributed by atoms with Gasteiger partial charge in [-0.05, 0) is 57.2 Å². The van der Waals surface area contributed by atoms with Crippen LogP contribution in [0.5, 0.6) is 5.75 Å². The molecule has 1 N–H and O–H groups in total. The van der Waals surface area contributed by atoms with Crippen LogP contribution in [0.3, 0.4) is 0 Å². The molecule has 1 aliphatic carbocycles. The molecule has 0 unspecified atom stereocenters. The lowest BCUT2D eigenvalue weighted by atomic mass is 9.68. The fraction of sp³-hybridized carbons (Fsp3) is 0.652. The number of benzene rings is 1. The van der Waals surface area contributed by atoms with Gasteiger partial charge >= 0.3 is 11.9 Å². The van der Waals surface area contributed by atoms with Crippen molar-refractivity contribution in [1.82, 2.24) is 0 Å². The second kappa shape index (κ2) is 7.63. The molecule has 0 bridgehead atoms. The van der Waals surface area contributed by atoms with Gasteiger partial charge in [0.25, 0.3) is 0 Å². The molecule has 3 aliphatic rings. The molecule has 0 amide bonds. The topological polar surface area (TPSA) is 82.1 Å². The molecule has 1 aromatic rings. The quantitative estimate of drug-likeness (QED) is 0.756. The third-order valence-electron chi connectivity index (χ3n) is 7.01. The van der Waals surface area contributed by atoms with Crippen LogP contribution in [0.15, 0.2) is 18.2 Å². The van der Waals surface area contributed by atoms with Gasteiger partial charge in [-0.1, -0.05) is 19.3 Å². The molecule has 2 aliphatic heterocycles. The number of aliphatic carboxylic acids is 1. The Labute approximate surface area is 171 Å². The van der Waals surface area contributed by atoms with Crippen molar-refractivity contribution in [3.8, 4) is 5.75 Å². The fourth-order valence-electron chi connectivity index (χ4n) is 5.44. The Morgan fingerprint density at radius 2 is 1.90 bits per heavy atom. The second-order valence-corrected chi connectivity index (χ2v) is 9.16. The summed E-state index contributed by atoms with van der Waals surface area (Å²) in [6, 6.07) is 5.28. The van der Waals surface area contributed by atoms with Crippen LogP contribution >= 0.6 is 0 Å². The zero-order chi connectivity index (χ0) is 20.8. The minimum Gasteiger partial charge on any atom is -0.487 e. The summed E-state index contributed by atoms with van der Waals surface area (Å²) in [7, 11) is 1.36. The summed E-state index contributed by atoms with van der Waals surface area (Å²) in [6.45, 7) is 3.98. The Kier molecular flexibility index (Phi) is 5.32. The summed E-state index contributed by atoms with van der Waals surface area (Å²) in [6.07, 6.45) is 5.40. The largest absolute Gasteiger partial charge is 0.487 e. The Balaban J connectivity index is 1.73. The zero-order valence-electron chi connectivity index (χ0n) is 17.3. The van der Waals surface area contributed by atoms with Crippen LogP contribution in [0, 0.1) is 17.8 Å². The summed E-state index contributed by atoms with van der Waals surface area (Å²) in [5.74, 6) is -0.873. The Morgan fingerprint density at radius 3 is 2.55 bits per heavy atom. The Hall–Kier alpha value is -2.08. The van der Waals surface area contributed by atoms with E-state index < -0.39 is 23.5 Å². The number of ether oxygens (including phenoxy) is 3. The van der Waals surface area contributed by atoms with Gasteiger partial charge in [-0.2, -0.15) is 0 Å². The van der Waals surface area contributed by atoms with Gasteiger partial charge in [0.15, 0.2) is 0 Å². The van der Waals surface area contributed by atoms with E-state index in [-0.39, 0.29) is 24.0 Å². The van der Waals surface area contributed by atoms with Crippen molar-refractivity contribution in [2.24, 2.45) is 17.8 Å². The standard InChI is InChI=1S/C23H30O6/c1-23(2)17-12-16(21(24)25)19(13-7-5-4-6-8-13)28-20(17)15-11-14(22(26)27-3)9-10-18(15)29-23/h9-11,13,16-17,19-20H,4-8,12H2,1-3H3,(H,24,25)/t16-,17+,19+,20-/m1/s1. The molecule has 4 atom stereocenters. The molecular weight excluding hydrogens is 372 g/mol. The van der Waals surface area contributed by atoms with E-state index in [0.717, 1.165) is 31.2 Å². The van der Waals surface area contributed by atoms with Crippen LogP contribution in [-0.2, 0) is 14.3 Å². The molecule has 0 radical (unpaired) electrons. The van der Waals surface area contributed by atoms with E-state index in [0.29, 0.717) is 17.7 Å². The summed E-state index contributed by atoms with van der Waals surface area (Å²) in [5.41, 5.74) is 0.712. The highest BCUT2D eigenvalue weighted by molar-refractivity contribution is 5.89. The number of carboxylic acids is 1. The molecule has 0 aromatic heterocycles. The normalized spacial score (nSPS) is 31.1. The van der Waals surface area contributed by atoms with Crippen molar-refractivity contribution >= 4 is 11.9 Å². The maximum absolute atomic E-state index is 12.1. The van der Waals surface area contributed by atoms with Crippen molar-refractivity contribution in [1.29, 1.82) is 0 Å². The van der Waals surface area contributed by atoms with Gasteiger partial charge in [-0.25, -0.2) is 4.79 Å². The van der Waals surface area contributed by atoms with E-state index in [1.54, 1.807) is 18.2 Å². The van der Waals surface area contributed by atoms with Gasteiger partial charge < -0.3 is 19.3 Å². The van der Waals surface area contributed by atoms with Gasteiger partial charge in [0.2, 0.25) is 0 Å². The highest BCUT2D eigenvalue weighted by Crippen LogP contribution is 2.53. The maximum atomic E-state index is 12.1. The lowest BCUT2D eigenvalue weighted by Gasteiger charge is -2.52. The fourth-order valence-corrected chi connectivity index (χ4v) is 5.44. The van der Waals surface area contributed by atoms with Gasteiger partial charge in [-0.3, -0.25) is 4.79 Å². The number of hydrogen-bond donors (Lipinski definition) is 1. The summed E-state index contributed by atoms with van der Waals surface area (Å²) in [4.78, 5) is 24.2. The monoisotopic (exact) mass is 402 g/mol. The number of hydrogen-bond acceptors (Lipinski definition) is 5. The van der Waals surface area contributed by atoms with Crippen molar-refractivity contribution in [3.63, 3.8) is 0 Å². The molecular formula is C23H30O6.